The van der Waals surface area contributed by atoms with Gasteiger partial charge in [-0.15, -0.1) is 10.2 Å². The van der Waals surface area contributed by atoms with E-state index < -0.39 is 6.10 Å². The maximum atomic E-state index is 9.78. The molecular weight excluding hydrogens is 196 g/mol. The third-order valence-corrected chi connectivity index (χ3v) is 2.25. The molecule has 15 heavy (non-hydrogen) atoms. The van der Waals surface area contributed by atoms with Crippen molar-refractivity contribution < 1.29 is 9.84 Å². The van der Waals surface area contributed by atoms with Gasteiger partial charge in [0, 0.05) is 20.0 Å². The van der Waals surface area contributed by atoms with Gasteiger partial charge in [-0.2, -0.15) is 4.80 Å². The van der Waals surface area contributed by atoms with Gasteiger partial charge in [0.15, 0.2) is 5.82 Å². The van der Waals surface area contributed by atoms with Crippen LogP contribution in [-0.4, -0.2) is 44.1 Å². The highest BCUT2D eigenvalue weighted by Gasteiger charge is 2.22. The van der Waals surface area contributed by atoms with Crippen molar-refractivity contribution in [2.45, 2.75) is 38.4 Å². The first-order chi connectivity index (χ1) is 6.93. The van der Waals surface area contributed by atoms with Crippen molar-refractivity contribution in [3.05, 3.63) is 5.82 Å². The smallest absolute Gasteiger partial charge is 0.177 e. The third-order valence-electron chi connectivity index (χ3n) is 2.25. The molecule has 86 valence electrons. The molecule has 6 nitrogen and oxygen atoms in total. The van der Waals surface area contributed by atoms with Crippen LogP contribution >= 0.6 is 0 Å². The Bertz CT molecular complexity index is 311. The first-order valence-corrected chi connectivity index (χ1v) is 4.89. The molecule has 0 aliphatic carbocycles. The molecular formula is C9H18N4O2. The van der Waals surface area contributed by atoms with Crippen molar-refractivity contribution in [1.29, 1.82) is 0 Å². The number of hydrogen-bond donors (Lipinski definition) is 1. The third kappa shape index (κ3) is 3.93. The van der Waals surface area contributed by atoms with Crippen LogP contribution in [0.1, 0.15) is 26.1 Å². The Hall–Kier alpha value is -1.01. The molecule has 1 heterocycles. The minimum absolute atomic E-state index is 0.332. The lowest BCUT2D eigenvalue weighted by molar-refractivity contribution is -0.0194. The molecule has 6 heteroatoms. The fourth-order valence-corrected chi connectivity index (χ4v) is 1.34. The fraction of sp³-hybridized carbons (Fsp3) is 0.889. The zero-order valence-corrected chi connectivity index (χ0v) is 9.64. The van der Waals surface area contributed by atoms with Crippen LogP contribution in [0.15, 0.2) is 0 Å². The highest BCUT2D eigenvalue weighted by atomic mass is 16.5. The number of ether oxygens (including phenoxy) is 1. The molecule has 1 atom stereocenters. The van der Waals surface area contributed by atoms with Crippen molar-refractivity contribution in [2.24, 2.45) is 7.05 Å². The summed E-state index contributed by atoms with van der Waals surface area (Å²) in [5.74, 6) is 0.553. The molecule has 0 saturated carbocycles. The van der Waals surface area contributed by atoms with Crippen molar-refractivity contribution in [3.8, 4) is 0 Å². The Kier molecular flexibility index (Phi) is 3.76. The largest absolute Gasteiger partial charge is 0.393 e. The van der Waals surface area contributed by atoms with E-state index in [1.807, 2.05) is 13.8 Å². The predicted molar refractivity (Wildman–Crippen MR) is 54.2 cm³/mol. The fourth-order valence-electron chi connectivity index (χ4n) is 1.34. The van der Waals surface area contributed by atoms with E-state index in [1.165, 1.54) is 4.80 Å². The zero-order chi connectivity index (χ0) is 11.5. The van der Waals surface area contributed by atoms with Crippen LogP contribution in [0.4, 0.5) is 0 Å². The number of tetrazole rings is 1. The monoisotopic (exact) mass is 214 g/mol. The minimum atomic E-state index is -0.510. The standard InChI is InChI=1S/C9H18N4O2/c1-9(2,15-4)6-7(14)5-8-10-12-13(3)11-8/h7,14H,5-6H2,1-4H3. The van der Waals surface area contributed by atoms with Gasteiger partial charge in [0.25, 0.3) is 0 Å². The van der Waals surface area contributed by atoms with Crippen molar-refractivity contribution in [3.63, 3.8) is 0 Å². The van der Waals surface area contributed by atoms with Gasteiger partial charge < -0.3 is 9.84 Å². The summed E-state index contributed by atoms with van der Waals surface area (Å²) >= 11 is 0. The number of methoxy groups -OCH3 is 1. The van der Waals surface area contributed by atoms with Gasteiger partial charge in [0.2, 0.25) is 0 Å². The molecule has 1 aromatic heterocycles. The maximum absolute atomic E-state index is 9.78. The van der Waals surface area contributed by atoms with Crippen molar-refractivity contribution >= 4 is 0 Å². The second-order valence-corrected chi connectivity index (χ2v) is 4.22. The van der Waals surface area contributed by atoms with Crippen LogP contribution in [0.25, 0.3) is 0 Å². The summed E-state index contributed by atoms with van der Waals surface area (Å²) in [6.45, 7) is 3.86. The second-order valence-electron chi connectivity index (χ2n) is 4.22. The normalized spacial score (nSPS) is 14.2. The van der Waals surface area contributed by atoms with Gasteiger partial charge >= 0.3 is 0 Å². The van der Waals surface area contributed by atoms with E-state index in [9.17, 15) is 5.11 Å². The summed E-state index contributed by atoms with van der Waals surface area (Å²) in [5, 5.41) is 21.3. The first-order valence-electron chi connectivity index (χ1n) is 4.89. The average Bonchev–Trinajstić information content (AvgIpc) is 2.50. The van der Waals surface area contributed by atoms with E-state index in [1.54, 1.807) is 14.2 Å². The maximum Gasteiger partial charge on any atom is 0.177 e. The second kappa shape index (κ2) is 4.67. The summed E-state index contributed by atoms with van der Waals surface area (Å²) in [4.78, 5) is 1.38. The van der Waals surface area contributed by atoms with Crippen LogP contribution in [-0.2, 0) is 18.2 Å². The Morgan fingerprint density at radius 1 is 1.53 bits per heavy atom. The minimum Gasteiger partial charge on any atom is -0.393 e. The molecule has 1 rings (SSSR count). The van der Waals surface area contributed by atoms with E-state index in [0.717, 1.165) is 0 Å². The topological polar surface area (TPSA) is 73.1 Å². The number of aliphatic hydroxyl groups excluding tert-OH is 1. The summed E-state index contributed by atoms with van der Waals surface area (Å²) in [7, 11) is 3.33. The molecule has 0 fully saturated rings. The van der Waals surface area contributed by atoms with Crippen LogP contribution in [0.3, 0.4) is 0 Å². The van der Waals surface area contributed by atoms with Crippen molar-refractivity contribution in [2.75, 3.05) is 7.11 Å². The highest BCUT2D eigenvalue weighted by Crippen LogP contribution is 2.16. The van der Waals surface area contributed by atoms with Gasteiger partial charge in [-0.1, -0.05) is 0 Å². The van der Waals surface area contributed by atoms with Crippen molar-refractivity contribution in [1.82, 2.24) is 20.2 Å². The van der Waals surface area contributed by atoms with Gasteiger partial charge in [-0.3, -0.25) is 0 Å². The first kappa shape index (κ1) is 12.1. The molecule has 1 unspecified atom stereocenters. The Balaban J connectivity index is 2.46. The lowest BCUT2D eigenvalue weighted by atomic mass is 9.99. The Labute approximate surface area is 89.2 Å². The molecule has 1 N–H and O–H groups in total. The van der Waals surface area contributed by atoms with E-state index in [2.05, 4.69) is 15.4 Å². The summed E-state index contributed by atoms with van der Waals surface area (Å²) in [5.41, 5.74) is -0.332. The summed E-state index contributed by atoms with van der Waals surface area (Å²) in [6.07, 6.45) is 0.437. The molecule has 0 aromatic carbocycles. The quantitative estimate of drug-likeness (QED) is 0.742. The van der Waals surface area contributed by atoms with Crippen LogP contribution in [0.5, 0.6) is 0 Å². The lowest BCUT2D eigenvalue weighted by Gasteiger charge is -2.25. The van der Waals surface area contributed by atoms with E-state index in [4.69, 9.17) is 4.74 Å². The number of hydrogen-bond acceptors (Lipinski definition) is 5. The molecule has 0 amide bonds. The summed E-state index contributed by atoms with van der Waals surface area (Å²) in [6, 6.07) is 0. The van der Waals surface area contributed by atoms with E-state index in [-0.39, 0.29) is 5.60 Å². The van der Waals surface area contributed by atoms with E-state index in [0.29, 0.717) is 18.7 Å². The van der Waals surface area contributed by atoms with Crippen LogP contribution < -0.4 is 0 Å². The number of rotatable bonds is 5. The summed E-state index contributed by atoms with van der Waals surface area (Å²) < 4.78 is 5.23. The predicted octanol–water partition coefficient (Wildman–Crippen LogP) is -0.0714. The van der Waals surface area contributed by atoms with Gasteiger partial charge in [-0.25, -0.2) is 0 Å². The number of nitrogens with zero attached hydrogens (tertiary/aromatic N) is 4. The molecule has 0 radical (unpaired) electrons. The molecule has 0 bridgehead atoms. The zero-order valence-electron chi connectivity index (χ0n) is 9.64. The molecule has 0 saturated heterocycles. The average molecular weight is 214 g/mol. The Morgan fingerprint density at radius 3 is 2.67 bits per heavy atom. The lowest BCUT2D eigenvalue weighted by Crippen LogP contribution is -2.30. The SMILES string of the molecule is COC(C)(C)CC(O)Cc1nnn(C)n1. The van der Waals surface area contributed by atoms with Gasteiger partial charge in [0.1, 0.15) is 0 Å². The molecule has 1 aromatic rings. The van der Waals surface area contributed by atoms with Crippen LogP contribution in [0, 0.1) is 0 Å². The van der Waals surface area contributed by atoms with E-state index >= 15 is 0 Å². The number of aliphatic hydroxyl groups is 1. The molecule has 0 aliphatic heterocycles. The number of aromatic nitrogens is 4. The number of aryl methyl sites for hydroxylation is 1. The molecule has 0 spiro atoms. The van der Waals surface area contributed by atoms with Gasteiger partial charge in [0.05, 0.1) is 18.8 Å². The van der Waals surface area contributed by atoms with Crippen LogP contribution in [0.2, 0.25) is 0 Å². The molecule has 0 aliphatic rings. The Morgan fingerprint density at radius 2 is 2.20 bits per heavy atom. The van der Waals surface area contributed by atoms with Gasteiger partial charge in [-0.05, 0) is 19.1 Å². The highest BCUT2D eigenvalue weighted by molar-refractivity contribution is 4.84.